The quantitative estimate of drug-likeness (QED) is 0.601. The molecule has 0 saturated heterocycles. The highest BCUT2D eigenvalue weighted by atomic mass is 16.5. The van der Waals surface area contributed by atoms with Crippen molar-refractivity contribution in [1.29, 1.82) is 0 Å². The number of aromatic nitrogens is 2. The SMILES string of the molecule is COc1ccc2nc(-c3c(C(C)C)cccc3C(C)C)n(C)c2c1C. The number of fused-ring (bicyclic) bond motifs is 1. The Kier molecular flexibility index (Phi) is 4.59. The van der Waals surface area contributed by atoms with E-state index in [0.717, 1.165) is 28.2 Å². The summed E-state index contributed by atoms with van der Waals surface area (Å²) in [5.41, 5.74) is 7.29. The number of hydrogen-bond donors (Lipinski definition) is 0. The van der Waals surface area contributed by atoms with Crippen LogP contribution in [0.3, 0.4) is 0 Å². The first-order chi connectivity index (χ1) is 11.9. The van der Waals surface area contributed by atoms with E-state index in [9.17, 15) is 0 Å². The molecule has 1 heterocycles. The van der Waals surface area contributed by atoms with Crippen molar-refractivity contribution < 1.29 is 4.74 Å². The van der Waals surface area contributed by atoms with Crippen molar-refractivity contribution in [3.05, 3.63) is 47.0 Å². The molecule has 0 aliphatic heterocycles. The predicted molar refractivity (Wildman–Crippen MR) is 106 cm³/mol. The van der Waals surface area contributed by atoms with Crippen LogP contribution in [0.4, 0.5) is 0 Å². The monoisotopic (exact) mass is 336 g/mol. The van der Waals surface area contributed by atoms with Crippen LogP contribution in [0.2, 0.25) is 0 Å². The second-order valence-electron chi connectivity index (χ2n) is 7.38. The Labute approximate surface area is 150 Å². The summed E-state index contributed by atoms with van der Waals surface area (Å²) < 4.78 is 7.73. The van der Waals surface area contributed by atoms with Gasteiger partial charge in [0, 0.05) is 18.2 Å². The van der Waals surface area contributed by atoms with Gasteiger partial charge in [-0.1, -0.05) is 45.9 Å². The zero-order valence-electron chi connectivity index (χ0n) is 16.3. The maximum Gasteiger partial charge on any atom is 0.141 e. The average Bonchev–Trinajstić information content (AvgIpc) is 2.91. The second kappa shape index (κ2) is 6.55. The van der Waals surface area contributed by atoms with E-state index in [2.05, 4.69) is 70.5 Å². The molecule has 0 atom stereocenters. The van der Waals surface area contributed by atoms with Crippen molar-refractivity contribution >= 4 is 11.0 Å². The number of ether oxygens (including phenoxy) is 1. The highest BCUT2D eigenvalue weighted by Gasteiger charge is 2.21. The molecule has 0 aliphatic carbocycles. The Morgan fingerprint density at radius 3 is 2.08 bits per heavy atom. The van der Waals surface area contributed by atoms with Gasteiger partial charge in [-0.2, -0.15) is 0 Å². The van der Waals surface area contributed by atoms with Crippen LogP contribution in [-0.4, -0.2) is 16.7 Å². The highest BCUT2D eigenvalue weighted by molar-refractivity contribution is 5.86. The van der Waals surface area contributed by atoms with Crippen molar-refractivity contribution in [2.75, 3.05) is 7.11 Å². The number of imidazole rings is 1. The summed E-state index contributed by atoms with van der Waals surface area (Å²) in [4.78, 5) is 5.01. The van der Waals surface area contributed by atoms with Gasteiger partial charge in [-0.15, -0.1) is 0 Å². The molecule has 0 bridgehead atoms. The van der Waals surface area contributed by atoms with E-state index in [4.69, 9.17) is 9.72 Å². The van der Waals surface area contributed by atoms with Crippen LogP contribution in [0.15, 0.2) is 30.3 Å². The van der Waals surface area contributed by atoms with Gasteiger partial charge in [0.15, 0.2) is 0 Å². The number of methoxy groups -OCH3 is 1. The molecule has 0 radical (unpaired) electrons. The predicted octanol–water partition coefficient (Wildman–Crippen LogP) is 5.80. The lowest BCUT2D eigenvalue weighted by Gasteiger charge is -2.19. The fourth-order valence-electron chi connectivity index (χ4n) is 3.73. The van der Waals surface area contributed by atoms with E-state index in [1.54, 1.807) is 7.11 Å². The topological polar surface area (TPSA) is 27.1 Å². The fraction of sp³-hybridized carbons (Fsp3) is 0.409. The molecular weight excluding hydrogens is 308 g/mol. The minimum Gasteiger partial charge on any atom is -0.496 e. The molecule has 3 nitrogen and oxygen atoms in total. The Hall–Kier alpha value is -2.29. The van der Waals surface area contributed by atoms with Gasteiger partial charge in [0.1, 0.15) is 11.6 Å². The molecule has 1 aromatic heterocycles. The van der Waals surface area contributed by atoms with Crippen molar-refractivity contribution in [2.45, 2.75) is 46.5 Å². The van der Waals surface area contributed by atoms with Gasteiger partial charge in [0.25, 0.3) is 0 Å². The molecule has 132 valence electrons. The Morgan fingerprint density at radius 2 is 1.56 bits per heavy atom. The van der Waals surface area contributed by atoms with E-state index < -0.39 is 0 Å². The Morgan fingerprint density at radius 1 is 0.960 bits per heavy atom. The van der Waals surface area contributed by atoms with Gasteiger partial charge >= 0.3 is 0 Å². The van der Waals surface area contributed by atoms with E-state index in [0.29, 0.717) is 11.8 Å². The summed E-state index contributed by atoms with van der Waals surface area (Å²) in [7, 11) is 3.83. The maximum absolute atomic E-state index is 5.51. The van der Waals surface area contributed by atoms with Gasteiger partial charge < -0.3 is 9.30 Å². The van der Waals surface area contributed by atoms with Gasteiger partial charge in [-0.3, -0.25) is 0 Å². The van der Waals surface area contributed by atoms with Crippen LogP contribution >= 0.6 is 0 Å². The summed E-state index contributed by atoms with van der Waals surface area (Å²) in [6.07, 6.45) is 0. The van der Waals surface area contributed by atoms with Crippen molar-refractivity contribution in [3.63, 3.8) is 0 Å². The van der Waals surface area contributed by atoms with Crippen LogP contribution in [-0.2, 0) is 7.05 Å². The van der Waals surface area contributed by atoms with E-state index in [-0.39, 0.29) is 0 Å². The summed E-state index contributed by atoms with van der Waals surface area (Å²) in [6, 6.07) is 10.7. The molecule has 2 aromatic carbocycles. The number of hydrogen-bond acceptors (Lipinski definition) is 2. The lowest BCUT2D eigenvalue weighted by molar-refractivity contribution is 0.412. The molecule has 0 saturated carbocycles. The second-order valence-corrected chi connectivity index (χ2v) is 7.38. The first-order valence-corrected chi connectivity index (χ1v) is 9.00. The standard InChI is InChI=1S/C22H28N2O/c1-13(2)16-9-8-10-17(14(3)4)20(16)22-23-18-11-12-19(25-7)15(5)21(18)24(22)6/h8-14H,1-7H3. The molecule has 25 heavy (non-hydrogen) atoms. The van der Waals surface area contributed by atoms with Crippen LogP contribution in [0.5, 0.6) is 5.75 Å². The fourth-order valence-corrected chi connectivity index (χ4v) is 3.73. The molecule has 0 aliphatic rings. The Bertz CT molecular complexity index is 893. The minimum absolute atomic E-state index is 0.448. The zero-order chi connectivity index (χ0) is 18.3. The van der Waals surface area contributed by atoms with Gasteiger partial charge in [-0.05, 0) is 42.0 Å². The van der Waals surface area contributed by atoms with Crippen LogP contribution in [0, 0.1) is 6.92 Å². The van der Waals surface area contributed by atoms with Gasteiger partial charge in [0.05, 0.1) is 18.1 Å². The van der Waals surface area contributed by atoms with Crippen LogP contribution < -0.4 is 4.74 Å². The number of nitrogens with zero attached hydrogens (tertiary/aromatic N) is 2. The zero-order valence-corrected chi connectivity index (χ0v) is 16.3. The third-order valence-corrected chi connectivity index (χ3v) is 5.06. The average molecular weight is 336 g/mol. The largest absolute Gasteiger partial charge is 0.496 e. The van der Waals surface area contributed by atoms with Crippen molar-refractivity contribution in [3.8, 4) is 17.1 Å². The smallest absolute Gasteiger partial charge is 0.141 e. The number of rotatable bonds is 4. The molecule has 3 rings (SSSR count). The molecule has 3 heteroatoms. The summed E-state index contributed by atoms with van der Waals surface area (Å²) in [5, 5.41) is 0. The van der Waals surface area contributed by atoms with Crippen LogP contribution in [0.1, 0.15) is 56.2 Å². The normalized spacial score (nSPS) is 11.7. The third kappa shape index (κ3) is 2.82. The van der Waals surface area contributed by atoms with Gasteiger partial charge in [0.2, 0.25) is 0 Å². The maximum atomic E-state index is 5.51. The molecule has 0 N–H and O–H groups in total. The molecular formula is C22H28N2O. The highest BCUT2D eigenvalue weighted by Crippen LogP contribution is 2.38. The lowest BCUT2D eigenvalue weighted by atomic mass is 9.88. The van der Waals surface area contributed by atoms with Crippen molar-refractivity contribution in [1.82, 2.24) is 9.55 Å². The van der Waals surface area contributed by atoms with Gasteiger partial charge in [-0.25, -0.2) is 4.98 Å². The lowest BCUT2D eigenvalue weighted by Crippen LogP contribution is -2.04. The molecule has 0 unspecified atom stereocenters. The first-order valence-electron chi connectivity index (χ1n) is 9.00. The molecule has 3 aromatic rings. The molecule has 0 fully saturated rings. The number of benzene rings is 2. The summed E-state index contributed by atoms with van der Waals surface area (Å²) in [6.45, 7) is 11.1. The van der Waals surface area contributed by atoms with E-state index >= 15 is 0 Å². The first kappa shape index (κ1) is 17.5. The van der Waals surface area contributed by atoms with Crippen molar-refractivity contribution in [2.24, 2.45) is 7.05 Å². The molecule has 0 spiro atoms. The van der Waals surface area contributed by atoms with E-state index in [1.807, 2.05) is 6.07 Å². The summed E-state index contributed by atoms with van der Waals surface area (Å²) >= 11 is 0. The molecule has 0 amide bonds. The Balaban J connectivity index is 2.38. The van der Waals surface area contributed by atoms with E-state index in [1.165, 1.54) is 16.7 Å². The number of aryl methyl sites for hydroxylation is 2. The van der Waals surface area contributed by atoms with Crippen LogP contribution in [0.25, 0.3) is 22.4 Å². The summed E-state index contributed by atoms with van der Waals surface area (Å²) in [5.74, 6) is 2.84. The third-order valence-electron chi connectivity index (χ3n) is 5.06. The minimum atomic E-state index is 0.448.